The number of anilines is 1. The highest BCUT2D eigenvalue weighted by molar-refractivity contribution is 7.22. The van der Waals surface area contributed by atoms with E-state index in [2.05, 4.69) is 9.88 Å². The van der Waals surface area contributed by atoms with Gasteiger partial charge in [0.25, 0.3) is 0 Å². The van der Waals surface area contributed by atoms with E-state index >= 15 is 0 Å². The first-order valence-electron chi connectivity index (χ1n) is 7.57. The number of thiophene rings is 1. The van der Waals surface area contributed by atoms with Crippen LogP contribution in [0.5, 0.6) is 0 Å². The fraction of sp³-hybridized carbons (Fsp3) is 0.294. The number of para-hydroxylation sites is 1. The van der Waals surface area contributed by atoms with Crippen molar-refractivity contribution in [3.8, 4) is 0 Å². The number of likely N-dealkylation sites (N-methyl/N-ethyl adjacent to an activating group) is 1. The molecule has 1 aromatic carbocycles. The molecule has 0 fully saturated rings. The van der Waals surface area contributed by atoms with Gasteiger partial charge in [-0.3, -0.25) is 9.69 Å². The lowest BCUT2D eigenvalue weighted by Gasteiger charge is -2.21. The molecule has 0 unspecified atom stereocenters. The molecule has 134 valence electrons. The summed E-state index contributed by atoms with van der Waals surface area (Å²) in [6.07, 6.45) is 0.398. The average Bonchev–Trinajstić information content (AvgIpc) is 3.17. The molecule has 0 radical (unpaired) electrons. The summed E-state index contributed by atoms with van der Waals surface area (Å²) in [6, 6.07) is 9.67. The van der Waals surface area contributed by atoms with Crippen LogP contribution in [0, 0.1) is 0 Å². The van der Waals surface area contributed by atoms with Gasteiger partial charge in [0.2, 0.25) is 5.91 Å². The second-order valence-corrected chi connectivity index (χ2v) is 8.14. The fourth-order valence-electron chi connectivity index (χ4n) is 2.30. The van der Waals surface area contributed by atoms with Crippen LogP contribution in [0.15, 0.2) is 35.7 Å². The molecule has 3 rings (SSSR count). The number of rotatable bonds is 6. The van der Waals surface area contributed by atoms with Crippen molar-refractivity contribution in [2.24, 2.45) is 0 Å². The van der Waals surface area contributed by atoms with Gasteiger partial charge in [-0.1, -0.05) is 35.1 Å². The molecule has 0 N–H and O–H groups in total. The summed E-state index contributed by atoms with van der Waals surface area (Å²) in [7, 11) is 3.99. The van der Waals surface area contributed by atoms with Crippen molar-refractivity contribution in [1.82, 2.24) is 9.88 Å². The van der Waals surface area contributed by atoms with Crippen LogP contribution < -0.4 is 4.90 Å². The lowest BCUT2D eigenvalue weighted by Crippen LogP contribution is -2.37. The number of thiazole rings is 1. The van der Waals surface area contributed by atoms with Gasteiger partial charge in [-0.05, 0) is 37.7 Å². The van der Waals surface area contributed by atoms with Crippen LogP contribution in [-0.2, 0) is 11.2 Å². The fourth-order valence-corrected chi connectivity index (χ4v) is 4.31. The number of nitrogens with zero attached hydrogens (tertiary/aromatic N) is 3. The Morgan fingerprint density at radius 1 is 1.20 bits per heavy atom. The monoisotopic (exact) mass is 415 g/mol. The number of hydrogen-bond donors (Lipinski definition) is 0. The molecule has 3 aromatic rings. The van der Waals surface area contributed by atoms with E-state index in [1.165, 1.54) is 11.3 Å². The van der Waals surface area contributed by atoms with Crippen LogP contribution in [0.1, 0.15) is 4.88 Å². The van der Waals surface area contributed by atoms with Crippen LogP contribution in [-0.4, -0.2) is 43.0 Å². The maximum Gasteiger partial charge on any atom is 0.234 e. The Bertz CT molecular complexity index is 834. The van der Waals surface area contributed by atoms with Crippen molar-refractivity contribution < 1.29 is 4.79 Å². The molecule has 0 aliphatic carbocycles. The summed E-state index contributed by atoms with van der Waals surface area (Å²) in [5, 5.41) is 3.32. The zero-order valence-electron chi connectivity index (χ0n) is 13.9. The van der Waals surface area contributed by atoms with E-state index < -0.39 is 0 Å². The number of hydrogen-bond acceptors (Lipinski definition) is 5. The van der Waals surface area contributed by atoms with E-state index in [4.69, 9.17) is 11.6 Å². The SMILES string of the molecule is CN(C)CCN(C(=O)Cc1cccs1)c1nc2c(Cl)cccc2s1.Cl. The highest BCUT2D eigenvalue weighted by Crippen LogP contribution is 2.33. The first-order chi connectivity index (χ1) is 11.5. The van der Waals surface area contributed by atoms with Crippen LogP contribution >= 0.6 is 46.7 Å². The van der Waals surface area contributed by atoms with Gasteiger partial charge in [-0.25, -0.2) is 4.98 Å². The van der Waals surface area contributed by atoms with Crippen LogP contribution in [0.2, 0.25) is 5.02 Å². The first-order valence-corrected chi connectivity index (χ1v) is 9.64. The molecule has 8 heteroatoms. The largest absolute Gasteiger partial charge is 0.308 e. The standard InChI is InChI=1S/C17H18ClN3OS2.ClH/c1-20(2)8-9-21(15(22)11-12-5-4-10-23-12)17-19-16-13(18)6-3-7-14(16)24-17;/h3-7,10H,8-9,11H2,1-2H3;1H. The number of amides is 1. The second kappa shape index (κ2) is 8.96. The Hall–Kier alpha value is -1.18. The topological polar surface area (TPSA) is 36.4 Å². The predicted octanol–water partition coefficient (Wildman–Crippen LogP) is 4.57. The summed E-state index contributed by atoms with van der Waals surface area (Å²) >= 11 is 9.34. The number of benzene rings is 1. The van der Waals surface area contributed by atoms with Crippen molar-refractivity contribution in [2.45, 2.75) is 6.42 Å². The van der Waals surface area contributed by atoms with Gasteiger partial charge in [0.05, 0.1) is 16.1 Å². The molecular weight excluding hydrogens is 397 g/mol. The van der Waals surface area contributed by atoms with E-state index in [0.717, 1.165) is 21.6 Å². The number of halogens is 2. The zero-order chi connectivity index (χ0) is 17.1. The van der Waals surface area contributed by atoms with Crippen molar-refractivity contribution >= 4 is 67.9 Å². The number of fused-ring (bicyclic) bond motifs is 1. The molecular formula is C17H19Cl2N3OS2. The molecule has 0 bridgehead atoms. The van der Waals surface area contributed by atoms with Gasteiger partial charge in [0.15, 0.2) is 5.13 Å². The molecule has 2 aromatic heterocycles. The quantitative estimate of drug-likeness (QED) is 0.591. The van der Waals surface area contributed by atoms with E-state index in [1.807, 2.05) is 49.8 Å². The summed E-state index contributed by atoms with van der Waals surface area (Å²) < 4.78 is 0.997. The van der Waals surface area contributed by atoms with Crippen molar-refractivity contribution in [3.63, 3.8) is 0 Å². The second-order valence-electron chi connectivity index (χ2n) is 5.69. The lowest BCUT2D eigenvalue weighted by atomic mass is 10.3. The third-order valence-corrected chi connectivity index (χ3v) is 5.79. The maximum absolute atomic E-state index is 12.8. The predicted molar refractivity (Wildman–Crippen MR) is 111 cm³/mol. The number of carbonyl (C=O) groups excluding carboxylic acids is 1. The van der Waals surface area contributed by atoms with Crippen molar-refractivity contribution in [3.05, 3.63) is 45.6 Å². The molecule has 1 amide bonds. The number of aromatic nitrogens is 1. The van der Waals surface area contributed by atoms with E-state index in [9.17, 15) is 4.79 Å². The van der Waals surface area contributed by atoms with E-state index in [-0.39, 0.29) is 18.3 Å². The summed E-state index contributed by atoms with van der Waals surface area (Å²) in [6.45, 7) is 1.38. The van der Waals surface area contributed by atoms with Gasteiger partial charge >= 0.3 is 0 Å². The first kappa shape index (κ1) is 20.1. The summed E-state index contributed by atoms with van der Waals surface area (Å²) in [5.41, 5.74) is 0.762. The van der Waals surface area contributed by atoms with Crippen LogP contribution in [0.25, 0.3) is 10.2 Å². The molecule has 4 nitrogen and oxygen atoms in total. The lowest BCUT2D eigenvalue weighted by molar-refractivity contribution is -0.118. The average molecular weight is 416 g/mol. The van der Waals surface area contributed by atoms with Gasteiger partial charge < -0.3 is 4.90 Å². The molecule has 0 saturated heterocycles. The minimum Gasteiger partial charge on any atom is -0.308 e. The van der Waals surface area contributed by atoms with Crippen molar-refractivity contribution in [2.75, 3.05) is 32.1 Å². The third-order valence-electron chi connectivity index (χ3n) is 3.57. The van der Waals surface area contributed by atoms with E-state index in [1.54, 1.807) is 16.2 Å². The minimum absolute atomic E-state index is 0. The molecule has 0 atom stereocenters. The number of carbonyl (C=O) groups is 1. The molecule has 2 heterocycles. The summed E-state index contributed by atoms with van der Waals surface area (Å²) in [4.78, 5) is 22.4. The third kappa shape index (κ3) is 4.92. The Morgan fingerprint density at radius 2 is 2.00 bits per heavy atom. The minimum atomic E-state index is 0. The van der Waals surface area contributed by atoms with E-state index in [0.29, 0.717) is 23.1 Å². The van der Waals surface area contributed by atoms with Crippen molar-refractivity contribution in [1.29, 1.82) is 0 Å². The zero-order valence-corrected chi connectivity index (χ0v) is 17.1. The molecule has 0 aliphatic heterocycles. The van der Waals surface area contributed by atoms with Gasteiger partial charge in [-0.15, -0.1) is 23.7 Å². The molecule has 0 saturated carbocycles. The molecule has 25 heavy (non-hydrogen) atoms. The normalized spacial score (nSPS) is 10.9. The molecule has 0 spiro atoms. The Morgan fingerprint density at radius 3 is 2.64 bits per heavy atom. The van der Waals surface area contributed by atoms with Gasteiger partial charge in [0, 0.05) is 18.0 Å². The maximum atomic E-state index is 12.8. The Kier molecular flexibility index (Phi) is 7.22. The highest BCUT2D eigenvalue weighted by atomic mass is 35.5. The van der Waals surface area contributed by atoms with Crippen LogP contribution in [0.3, 0.4) is 0 Å². The smallest absolute Gasteiger partial charge is 0.234 e. The van der Waals surface area contributed by atoms with Gasteiger partial charge in [0.1, 0.15) is 5.52 Å². The Labute approximate surface area is 166 Å². The van der Waals surface area contributed by atoms with Crippen LogP contribution in [0.4, 0.5) is 5.13 Å². The van der Waals surface area contributed by atoms with Gasteiger partial charge in [-0.2, -0.15) is 0 Å². The Balaban J connectivity index is 0.00000225. The summed E-state index contributed by atoms with van der Waals surface area (Å²) in [5.74, 6) is 0.0643. The molecule has 0 aliphatic rings. The highest BCUT2D eigenvalue weighted by Gasteiger charge is 2.21.